The lowest BCUT2D eigenvalue weighted by Crippen LogP contribution is -2.20. The number of carbonyl (C=O) groups excluding carboxylic acids is 1. The Bertz CT molecular complexity index is 526. The Labute approximate surface area is 119 Å². The number of carbonyl (C=O) groups is 1. The highest BCUT2D eigenvalue weighted by Crippen LogP contribution is 2.30. The van der Waals surface area contributed by atoms with Crippen LogP contribution in [-0.4, -0.2) is 25.7 Å². The van der Waals surface area contributed by atoms with Gasteiger partial charge in [0, 0.05) is 18.7 Å². The number of amides is 1. The Hall–Kier alpha value is -2.01. The summed E-state index contributed by atoms with van der Waals surface area (Å²) in [5.41, 5.74) is 10.5. The zero-order valence-corrected chi connectivity index (χ0v) is 11.8. The van der Waals surface area contributed by atoms with Crippen molar-refractivity contribution in [2.75, 3.05) is 36.1 Å². The molecule has 20 heavy (non-hydrogen) atoms. The van der Waals surface area contributed by atoms with E-state index in [1.165, 1.54) is 0 Å². The summed E-state index contributed by atoms with van der Waals surface area (Å²) < 4.78 is 5.41. The molecule has 0 aliphatic carbocycles. The van der Waals surface area contributed by atoms with E-state index in [-0.39, 0.29) is 5.91 Å². The topological polar surface area (TPSA) is 76.4 Å². The average Bonchev–Trinajstić information content (AvgIpc) is 2.39. The van der Waals surface area contributed by atoms with E-state index in [0.717, 1.165) is 28.9 Å². The van der Waals surface area contributed by atoms with E-state index < -0.39 is 0 Å². The predicted molar refractivity (Wildman–Crippen MR) is 81.9 cm³/mol. The van der Waals surface area contributed by atoms with Crippen LogP contribution in [0.4, 0.5) is 17.1 Å². The molecule has 1 aromatic carbocycles. The van der Waals surface area contributed by atoms with Crippen molar-refractivity contribution in [2.24, 2.45) is 0 Å². The lowest BCUT2D eigenvalue weighted by atomic mass is 10.0. The maximum Gasteiger partial charge on any atom is 0.224 e. The van der Waals surface area contributed by atoms with Gasteiger partial charge in [-0.25, -0.2) is 0 Å². The Morgan fingerprint density at radius 1 is 1.50 bits per heavy atom. The van der Waals surface area contributed by atoms with Gasteiger partial charge in [0.05, 0.1) is 24.6 Å². The molecule has 1 aliphatic heterocycles. The molecule has 1 heterocycles. The monoisotopic (exact) mass is 275 g/mol. The zero-order valence-electron chi connectivity index (χ0n) is 11.8. The van der Waals surface area contributed by atoms with E-state index in [9.17, 15) is 4.79 Å². The standard InChI is InChI=1S/C15H21N3O2/c1-10(2)9-20-6-5-17-14-8-13-11(7-12(14)16)3-4-15(19)18-13/h7-8,17H,1,3-6,9,16H2,2H3,(H,18,19). The first kappa shape index (κ1) is 14.4. The van der Waals surface area contributed by atoms with Crippen LogP contribution in [0.1, 0.15) is 18.9 Å². The molecule has 2 rings (SSSR count). The maximum absolute atomic E-state index is 11.4. The van der Waals surface area contributed by atoms with Crippen LogP contribution < -0.4 is 16.4 Å². The van der Waals surface area contributed by atoms with E-state index >= 15 is 0 Å². The second-order valence-electron chi connectivity index (χ2n) is 5.08. The SMILES string of the molecule is C=C(C)COCCNc1cc2c(cc1N)CCC(=O)N2. The Morgan fingerprint density at radius 3 is 3.05 bits per heavy atom. The highest BCUT2D eigenvalue weighted by molar-refractivity contribution is 5.95. The Morgan fingerprint density at radius 2 is 2.30 bits per heavy atom. The van der Waals surface area contributed by atoms with Crippen LogP contribution in [0.25, 0.3) is 0 Å². The average molecular weight is 275 g/mol. The second-order valence-corrected chi connectivity index (χ2v) is 5.08. The van der Waals surface area contributed by atoms with Gasteiger partial charge in [-0.2, -0.15) is 0 Å². The molecule has 0 bridgehead atoms. The second kappa shape index (κ2) is 6.43. The Kier molecular flexibility index (Phi) is 4.63. The lowest BCUT2D eigenvalue weighted by Gasteiger charge is -2.19. The minimum absolute atomic E-state index is 0.0537. The number of nitrogens with one attached hydrogen (secondary N) is 2. The fraction of sp³-hybridized carbons (Fsp3) is 0.400. The summed E-state index contributed by atoms with van der Waals surface area (Å²) in [6.07, 6.45) is 1.27. The van der Waals surface area contributed by atoms with Crippen molar-refractivity contribution in [1.29, 1.82) is 0 Å². The number of nitrogens with two attached hydrogens (primary N) is 1. The molecule has 4 N–H and O–H groups in total. The number of benzene rings is 1. The van der Waals surface area contributed by atoms with Crippen LogP contribution in [-0.2, 0) is 16.0 Å². The van der Waals surface area contributed by atoms with E-state index in [1.54, 1.807) is 0 Å². The molecule has 0 unspecified atom stereocenters. The quantitative estimate of drug-likeness (QED) is 0.422. The molecule has 0 atom stereocenters. The molecule has 0 aromatic heterocycles. The van der Waals surface area contributed by atoms with Crippen LogP contribution >= 0.6 is 0 Å². The van der Waals surface area contributed by atoms with Crippen molar-refractivity contribution in [3.05, 3.63) is 29.8 Å². The molecular weight excluding hydrogens is 254 g/mol. The van der Waals surface area contributed by atoms with Gasteiger partial charge in [0.2, 0.25) is 5.91 Å². The third-order valence-electron chi connectivity index (χ3n) is 3.08. The van der Waals surface area contributed by atoms with Gasteiger partial charge in [-0.05, 0) is 31.0 Å². The van der Waals surface area contributed by atoms with Gasteiger partial charge in [-0.3, -0.25) is 4.79 Å². The van der Waals surface area contributed by atoms with Crippen LogP contribution in [0.15, 0.2) is 24.3 Å². The normalized spacial score (nSPS) is 13.6. The number of fused-ring (bicyclic) bond motifs is 1. The van der Waals surface area contributed by atoms with E-state index in [1.807, 2.05) is 19.1 Å². The van der Waals surface area contributed by atoms with E-state index in [2.05, 4.69) is 17.2 Å². The number of hydrogen-bond acceptors (Lipinski definition) is 4. The molecule has 1 aliphatic rings. The van der Waals surface area contributed by atoms with Gasteiger partial charge in [0.15, 0.2) is 0 Å². The van der Waals surface area contributed by atoms with Crippen molar-refractivity contribution in [2.45, 2.75) is 19.8 Å². The van der Waals surface area contributed by atoms with Gasteiger partial charge >= 0.3 is 0 Å². The van der Waals surface area contributed by atoms with Gasteiger partial charge in [-0.1, -0.05) is 12.2 Å². The van der Waals surface area contributed by atoms with Crippen molar-refractivity contribution >= 4 is 23.0 Å². The summed E-state index contributed by atoms with van der Waals surface area (Å²) in [5, 5.41) is 6.09. The fourth-order valence-electron chi connectivity index (χ4n) is 2.11. The first-order valence-electron chi connectivity index (χ1n) is 6.74. The number of aryl methyl sites for hydroxylation is 1. The minimum atomic E-state index is 0.0537. The zero-order chi connectivity index (χ0) is 14.5. The van der Waals surface area contributed by atoms with Crippen LogP contribution in [0.2, 0.25) is 0 Å². The van der Waals surface area contributed by atoms with Crippen LogP contribution in [0.5, 0.6) is 0 Å². The van der Waals surface area contributed by atoms with Crippen molar-refractivity contribution < 1.29 is 9.53 Å². The molecule has 0 radical (unpaired) electrons. The van der Waals surface area contributed by atoms with E-state index in [4.69, 9.17) is 10.5 Å². The molecule has 1 aromatic rings. The molecule has 0 saturated carbocycles. The molecule has 108 valence electrons. The highest BCUT2D eigenvalue weighted by Gasteiger charge is 2.16. The summed E-state index contributed by atoms with van der Waals surface area (Å²) >= 11 is 0. The van der Waals surface area contributed by atoms with Crippen molar-refractivity contribution in [1.82, 2.24) is 0 Å². The van der Waals surface area contributed by atoms with Crippen molar-refractivity contribution in [3.8, 4) is 0 Å². The number of anilines is 3. The number of hydrogen-bond donors (Lipinski definition) is 3. The Balaban J connectivity index is 1.93. The third kappa shape index (κ3) is 3.74. The summed E-state index contributed by atoms with van der Waals surface area (Å²) in [5.74, 6) is 0.0537. The van der Waals surface area contributed by atoms with Crippen molar-refractivity contribution in [3.63, 3.8) is 0 Å². The first-order valence-corrected chi connectivity index (χ1v) is 6.74. The molecule has 0 fully saturated rings. The molecule has 0 spiro atoms. The number of ether oxygens (including phenoxy) is 1. The summed E-state index contributed by atoms with van der Waals surface area (Å²) in [6.45, 7) is 7.51. The summed E-state index contributed by atoms with van der Waals surface area (Å²) in [4.78, 5) is 11.4. The summed E-state index contributed by atoms with van der Waals surface area (Å²) in [6, 6.07) is 3.81. The number of rotatable bonds is 6. The maximum atomic E-state index is 11.4. The van der Waals surface area contributed by atoms with E-state index in [0.29, 0.717) is 31.9 Å². The predicted octanol–water partition coefficient (Wildman–Crippen LogP) is 2.16. The molecular formula is C15H21N3O2. The van der Waals surface area contributed by atoms with Crippen LogP contribution in [0.3, 0.4) is 0 Å². The lowest BCUT2D eigenvalue weighted by molar-refractivity contribution is -0.116. The molecule has 0 saturated heterocycles. The van der Waals surface area contributed by atoms with Gasteiger partial charge in [0.1, 0.15) is 0 Å². The van der Waals surface area contributed by atoms with Gasteiger partial charge < -0.3 is 21.1 Å². The first-order chi connectivity index (χ1) is 9.56. The largest absolute Gasteiger partial charge is 0.397 e. The molecule has 5 nitrogen and oxygen atoms in total. The summed E-state index contributed by atoms with van der Waals surface area (Å²) in [7, 11) is 0. The number of nitrogen functional groups attached to an aromatic ring is 1. The van der Waals surface area contributed by atoms with Crippen LogP contribution in [0, 0.1) is 0 Å². The fourth-order valence-corrected chi connectivity index (χ4v) is 2.11. The molecule has 1 amide bonds. The van der Waals surface area contributed by atoms with Gasteiger partial charge in [0.25, 0.3) is 0 Å². The smallest absolute Gasteiger partial charge is 0.224 e. The minimum Gasteiger partial charge on any atom is -0.397 e. The van der Waals surface area contributed by atoms with Gasteiger partial charge in [-0.15, -0.1) is 0 Å². The highest BCUT2D eigenvalue weighted by atomic mass is 16.5. The third-order valence-corrected chi connectivity index (χ3v) is 3.08. The molecule has 5 heteroatoms.